The van der Waals surface area contributed by atoms with Crippen molar-refractivity contribution < 1.29 is 9.59 Å². The van der Waals surface area contributed by atoms with Crippen molar-refractivity contribution in [3.63, 3.8) is 0 Å². The van der Waals surface area contributed by atoms with Gasteiger partial charge in [-0.05, 0) is 32.2 Å². The molecule has 0 bridgehead atoms. The van der Waals surface area contributed by atoms with Crippen LogP contribution in [-0.2, 0) is 20.1 Å². The summed E-state index contributed by atoms with van der Waals surface area (Å²) >= 11 is 1.35. The predicted octanol–water partition coefficient (Wildman–Crippen LogP) is 2.50. The number of carbonyl (C=O) groups excluding carboxylic acids is 2. The zero-order chi connectivity index (χ0) is 19.6. The van der Waals surface area contributed by atoms with Gasteiger partial charge in [0.15, 0.2) is 5.69 Å². The van der Waals surface area contributed by atoms with Crippen molar-refractivity contribution >= 4 is 29.0 Å². The van der Waals surface area contributed by atoms with E-state index in [9.17, 15) is 9.59 Å². The second kappa shape index (κ2) is 7.75. The summed E-state index contributed by atoms with van der Waals surface area (Å²) in [6.45, 7) is 7.11. The molecule has 3 rings (SSSR count). The zero-order valence-corrected chi connectivity index (χ0v) is 16.6. The highest BCUT2D eigenvalue weighted by atomic mass is 32.1. The zero-order valence-electron chi connectivity index (χ0n) is 15.7. The number of carbonyl (C=O) groups is 2. The molecular weight excluding hydrogens is 364 g/mol. The van der Waals surface area contributed by atoms with Gasteiger partial charge < -0.3 is 10.6 Å². The van der Waals surface area contributed by atoms with Gasteiger partial charge in [0.2, 0.25) is 0 Å². The summed E-state index contributed by atoms with van der Waals surface area (Å²) < 4.78 is 3.39. The minimum atomic E-state index is -0.301. The molecule has 2 amide bonds. The van der Waals surface area contributed by atoms with Crippen LogP contribution in [0.2, 0.25) is 0 Å². The SMILES string of the molecule is CCn1nc(C)c(CNC(=O)c2cc(NC(=O)c3cccs3)n(C)n2)c1C. The van der Waals surface area contributed by atoms with E-state index in [1.165, 1.54) is 16.0 Å². The molecule has 2 N–H and O–H groups in total. The Morgan fingerprint density at radius 2 is 2.00 bits per heavy atom. The van der Waals surface area contributed by atoms with Crippen LogP contribution < -0.4 is 10.6 Å². The van der Waals surface area contributed by atoms with E-state index >= 15 is 0 Å². The van der Waals surface area contributed by atoms with Crippen molar-refractivity contribution in [1.82, 2.24) is 24.9 Å². The maximum absolute atomic E-state index is 12.5. The predicted molar refractivity (Wildman–Crippen MR) is 104 cm³/mol. The number of anilines is 1. The maximum atomic E-state index is 12.5. The molecule has 0 aliphatic rings. The van der Waals surface area contributed by atoms with Crippen LogP contribution in [0, 0.1) is 13.8 Å². The van der Waals surface area contributed by atoms with Crippen LogP contribution in [0.4, 0.5) is 5.82 Å². The van der Waals surface area contributed by atoms with E-state index in [1.54, 1.807) is 19.2 Å². The topological polar surface area (TPSA) is 93.8 Å². The molecule has 0 aliphatic carbocycles. The lowest BCUT2D eigenvalue weighted by Crippen LogP contribution is -2.24. The molecule has 27 heavy (non-hydrogen) atoms. The Morgan fingerprint density at radius 3 is 2.63 bits per heavy atom. The fourth-order valence-electron chi connectivity index (χ4n) is 2.84. The molecule has 8 nitrogen and oxygen atoms in total. The van der Waals surface area contributed by atoms with E-state index in [4.69, 9.17) is 0 Å². The lowest BCUT2D eigenvalue weighted by molar-refractivity contribution is 0.0944. The van der Waals surface area contributed by atoms with E-state index in [0.29, 0.717) is 17.2 Å². The lowest BCUT2D eigenvalue weighted by Gasteiger charge is -2.04. The normalized spacial score (nSPS) is 10.8. The van der Waals surface area contributed by atoms with Crippen LogP contribution in [0.25, 0.3) is 0 Å². The van der Waals surface area contributed by atoms with Crippen molar-refractivity contribution in [3.05, 3.63) is 51.1 Å². The number of nitrogens with zero attached hydrogens (tertiary/aromatic N) is 4. The van der Waals surface area contributed by atoms with Crippen LogP contribution in [-0.4, -0.2) is 31.4 Å². The number of nitrogens with one attached hydrogen (secondary N) is 2. The average molecular weight is 386 g/mol. The van der Waals surface area contributed by atoms with Crippen LogP contribution in [0.15, 0.2) is 23.6 Å². The lowest BCUT2D eigenvalue weighted by atomic mass is 10.2. The maximum Gasteiger partial charge on any atom is 0.272 e. The summed E-state index contributed by atoms with van der Waals surface area (Å²) in [7, 11) is 1.68. The van der Waals surface area contributed by atoms with Crippen molar-refractivity contribution in [1.29, 1.82) is 0 Å². The third kappa shape index (κ3) is 3.92. The van der Waals surface area contributed by atoms with Gasteiger partial charge in [0, 0.05) is 37.5 Å². The van der Waals surface area contributed by atoms with Gasteiger partial charge in [0.25, 0.3) is 11.8 Å². The molecule has 3 heterocycles. The summed E-state index contributed by atoms with van der Waals surface area (Å²) in [5, 5.41) is 16.1. The number of hydrogen-bond acceptors (Lipinski definition) is 5. The first-order valence-corrected chi connectivity index (χ1v) is 9.48. The Kier molecular flexibility index (Phi) is 5.41. The summed E-state index contributed by atoms with van der Waals surface area (Å²) in [5.74, 6) is -0.0619. The monoisotopic (exact) mass is 386 g/mol. The first-order chi connectivity index (χ1) is 12.9. The Morgan fingerprint density at radius 1 is 1.22 bits per heavy atom. The van der Waals surface area contributed by atoms with Crippen molar-refractivity contribution in [2.75, 3.05) is 5.32 Å². The van der Waals surface area contributed by atoms with Gasteiger partial charge in [0.1, 0.15) is 5.82 Å². The minimum Gasteiger partial charge on any atom is -0.346 e. The highest BCUT2D eigenvalue weighted by Gasteiger charge is 2.17. The highest BCUT2D eigenvalue weighted by Crippen LogP contribution is 2.15. The number of aryl methyl sites for hydroxylation is 3. The number of thiophene rings is 1. The fourth-order valence-corrected chi connectivity index (χ4v) is 3.46. The van der Waals surface area contributed by atoms with Crippen molar-refractivity contribution in [2.45, 2.75) is 33.9 Å². The highest BCUT2D eigenvalue weighted by molar-refractivity contribution is 7.12. The average Bonchev–Trinajstić information content (AvgIpc) is 3.35. The number of rotatable bonds is 6. The molecule has 0 radical (unpaired) electrons. The molecule has 0 saturated heterocycles. The summed E-state index contributed by atoms with van der Waals surface area (Å²) in [6.07, 6.45) is 0. The molecule has 142 valence electrons. The largest absolute Gasteiger partial charge is 0.346 e. The van der Waals surface area contributed by atoms with Gasteiger partial charge in [-0.2, -0.15) is 10.2 Å². The summed E-state index contributed by atoms with van der Waals surface area (Å²) in [6, 6.07) is 5.12. The van der Waals surface area contributed by atoms with Gasteiger partial charge in [0.05, 0.1) is 10.6 Å². The second-order valence-electron chi connectivity index (χ2n) is 6.12. The Balaban J connectivity index is 1.67. The summed E-state index contributed by atoms with van der Waals surface area (Å²) in [5.41, 5.74) is 3.20. The molecule has 3 aromatic rings. The van der Waals surface area contributed by atoms with Crippen molar-refractivity contribution in [3.8, 4) is 0 Å². The molecule has 0 saturated carbocycles. The van der Waals surface area contributed by atoms with E-state index in [2.05, 4.69) is 20.8 Å². The number of hydrogen-bond donors (Lipinski definition) is 2. The van der Waals surface area contributed by atoms with E-state index in [1.807, 2.05) is 36.9 Å². The molecule has 0 aromatic carbocycles. The molecule has 3 aromatic heterocycles. The van der Waals surface area contributed by atoms with Crippen LogP contribution in [0.3, 0.4) is 0 Å². The number of amides is 2. The van der Waals surface area contributed by atoms with Gasteiger partial charge in [-0.25, -0.2) is 0 Å². The van der Waals surface area contributed by atoms with E-state index in [0.717, 1.165) is 23.5 Å². The third-order valence-corrected chi connectivity index (χ3v) is 5.22. The van der Waals surface area contributed by atoms with Gasteiger partial charge >= 0.3 is 0 Å². The van der Waals surface area contributed by atoms with Gasteiger partial charge in [-0.15, -0.1) is 11.3 Å². The van der Waals surface area contributed by atoms with Crippen molar-refractivity contribution in [2.24, 2.45) is 7.05 Å². The Hall–Kier alpha value is -2.94. The van der Waals surface area contributed by atoms with E-state index in [-0.39, 0.29) is 17.5 Å². The smallest absolute Gasteiger partial charge is 0.272 e. The molecule has 0 unspecified atom stereocenters. The quantitative estimate of drug-likeness (QED) is 0.681. The van der Waals surface area contributed by atoms with Crippen LogP contribution >= 0.6 is 11.3 Å². The Labute approximate surface area is 161 Å². The fraction of sp³-hybridized carbons (Fsp3) is 0.333. The minimum absolute atomic E-state index is 0.224. The van der Waals surface area contributed by atoms with Crippen LogP contribution in [0.1, 0.15) is 44.0 Å². The van der Waals surface area contributed by atoms with Gasteiger partial charge in [-0.3, -0.25) is 19.0 Å². The second-order valence-corrected chi connectivity index (χ2v) is 7.07. The Bertz CT molecular complexity index is 971. The van der Waals surface area contributed by atoms with Crippen LogP contribution in [0.5, 0.6) is 0 Å². The molecule has 0 spiro atoms. The molecular formula is C18H22N6O2S. The molecule has 0 aliphatic heterocycles. The van der Waals surface area contributed by atoms with E-state index < -0.39 is 0 Å². The third-order valence-electron chi connectivity index (χ3n) is 4.36. The molecule has 0 fully saturated rings. The number of aromatic nitrogens is 4. The summed E-state index contributed by atoms with van der Waals surface area (Å²) in [4.78, 5) is 25.2. The standard InChI is InChI=1S/C18H22N6O2S/c1-5-24-12(3)13(11(2)21-24)10-19-17(25)14-9-16(23(4)22-14)20-18(26)15-7-6-8-27-15/h6-9H,5,10H2,1-4H3,(H,19,25)(H,20,26). The van der Waals surface area contributed by atoms with Gasteiger partial charge in [-0.1, -0.05) is 6.07 Å². The first-order valence-electron chi connectivity index (χ1n) is 8.60. The molecule has 0 atom stereocenters. The first kappa shape index (κ1) is 18.8. The molecule has 9 heteroatoms.